The summed E-state index contributed by atoms with van der Waals surface area (Å²) in [4.78, 5) is 16.7. The first-order valence-electron chi connectivity index (χ1n) is 8.47. The van der Waals surface area contributed by atoms with Crippen LogP contribution in [0.15, 0.2) is 0 Å². The summed E-state index contributed by atoms with van der Waals surface area (Å²) < 4.78 is 1.58. The highest BCUT2D eigenvalue weighted by Gasteiger charge is 2.23. The predicted molar refractivity (Wildman–Crippen MR) is 87.7 cm³/mol. The van der Waals surface area contributed by atoms with E-state index < -0.39 is 0 Å². The molecule has 1 atom stereocenters. The molecule has 1 aromatic rings. The van der Waals surface area contributed by atoms with E-state index in [1.807, 2.05) is 7.05 Å². The van der Waals surface area contributed by atoms with Gasteiger partial charge >= 0.3 is 0 Å². The van der Waals surface area contributed by atoms with Gasteiger partial charge in [-0.2, -0.15) is 0 Å². The summed E-state index contributed by atoms with van der Waals surface area (Å²) in [6.45, 7) is 10.1. The van der Waals surface area contributed by atoms with Crippen LogP contribution < -0.4 is 5.32 Å². The molecule has 8 nitrogen and oxygen atoms in total. The lowest BCUT2D eigenvalue weighted by Gasteiger charge is -2.23. The molecule has 0 radical (unpaired) electrons. The minimum absolute atomic E-state index is 0.0336. The molecule has 0 aromatic carbocycles. The third-order valence-corrected chi connectivity index (χ3v) is 4.61. The Morgan fingerprint density at radius 2 is 2.26 bits per heavy atom. The molecular weight excluding hydrogens is 294 g/mol. The summed E-state index contributed by atoms with van der Waals surface area (Å²) in [6.07, 6.45) is 2.37. The molecule has 1 N–H and O–H groups in total. The Hall–Kier alpha value is -1.54. The van der Waals surface area contributed by atoms with Crippen molar-refractivity contribution in [2.24, 2.45) is 0 Å². The highest BCUT2D eigenvalue weighted by molar-refractivity contribution is 5.75. The van der Waals surface area contributed by atoms with Gasteiger partial charge in [0, 0.05) is 18.6 Å². The Kier molecular flexibility index (Phi) is 6.47. The van der Waals surface area contributed by atoms with Crippen molar-refractivity contribution in [2.75, 3.05) is 26.7 Å². The molecule has 130 valence electrons. The molecule has 1 aliphatic heterocycles. The number of tetrazole rings is 1. The maximum atomic E-state index is 12.2. The van der Waals surface area contributed by atoms with E-state index in [1.54, 1.807) is 4.68 Å². The average Bonchev–Trinajstić information content (AvgIpc) is 3.14. The number of nitrogens with zero attached hydrogens (tertiary/aromatic N) is 6. The van der Waals surface area contributed by atoms with E-state index in [9.17, 15) is 4.79 Å². The van der Waals surface area contributed by atoms with Gasteiger partial charge in [-0.1, -0.05) is 6.92 Å². The van der Waals surface area contributed by atoms with E-state index in [-0.39, 0.29) is 12.5 Å². The minimum atomic E-state index is -0.0336. The molecule has 1 fully saturated rings. The van der Waals surface area contributed by atoms with Gasteiger partial charge in [-0.3, -0.25) is 14.6 Å². The maximum absolute atomic E-state index is 12.2. The zero-order valence-corrected chi connectivity index (χ0v) is 14.7. The number of hydrogen-bond acceptors (Lipinski definition) is 6. The molecule has 1 amide bonds. The van der Waals surface area contributed by atoms with Gasteiger partial charge in [-0.05, 0) is 57.3 Å². The standard InChI is InChI=1S/C15H29N7O/c1-5-21-8-6-7-13(21)9-16-15(23)11-22-14(17-18-19-22)10-20(4)12(2)3/h12-13H,5-11H2,1-4H3,(H,16,23)/t13-/m1/s1. The van der Waals surface area contributed by atoms with Crippen molar-refractivity contribution >= 4 is 5.91 Å². The fraction of sp³-hybridized carbons (Fsp3) is 0.867. The van der Waals surface area contributed by atoms with E-state index >= 15 is 0 Å². The van der Waals surface area contributed by atoms with Crippen molar-refractivity contribution in [1.82, 2.24) is 35.3 Å². The molecule has 2 rings (SSSR count). The van der Waals surface area contributed by atoms with Crippen LogP contribution in [0.3, 0.4) is 0 Å². The number of aromatic nitrogens is 4. The van der Waals surface area contributed by atoms with Crippen LogP contribution in [0.1, 0.15) is 39.4 Å². The summed E-state index contributed by atoms with van der Waals surface area (Å²) in [5.74, 6) is 0.682. The lowest BCUT2D eigenvalue weighted by Crippen LogP contribution is -2.41. The molecule has 23 heavy (non-hydrogen) atoms. The normalized spacial score (nSPS) is 19.0. The maximum Gasteiger partial charge on any atom is 0.241 e. The first-order chi connectivity index (χ1) is 11.0. The number of amides is 1. The monoisotopic (exact) mass is 323 g/mol. The number of likely N-dealkylation sites (N-methyl/N-ethyl adjacent to an activating group) is 1. The smallest absolute Gasteiger partial charge is 0.241 e. The van der Waals surface area contributed by atoms with E-state index in [1.165, 1.54) is 6.42 Å². The van der Waals surface area contributed by atoms with Crippen LogP contribution in [0.5, 0.6) is 0 Å². The molecule has 1 aromatic heterocycles. The second-order valence-corrected chi connectivity index (χ2v) is 6.49. The third kappa shape index (κ3) is 4.97. The third-order valence-electron chi connectivity index (χ3n) is 4.61. The van der Waals surface area contributed by atoms with Crippen LogP contribution in [-0.4, -0.2) is 74.7 Å². The van der Waals surface area contributed by atoms with Crippen molar-refractivity contribution in [3.8, 4) is 0 Å². The molecule has 1 aliphatic rings. The molecule has 0 unspecified atom stereocenters. The van der Waals surface area contributed by atoms with E-state index in [0.29, 0.717) is 31.0 Å². The molecular formula is C15H29N7O. The molecule has 0 bridgehead atoms. The molecule has 0 saturated carbocycles. The first kappa shape index (κ1) is 17.8. The van der Waals surface area contributed by atoms with E-state index in [2.05, 4.69) is 51.4 Å². The van der Waals surface area contributed by atoms with Gasteiger partial charge < -0.3 is 5.32 Å². The fourth-order valence-corrected chi connectivity index (χ4v) is 2.83. The van der Waals surface area contributed by atoms with Crippen LogP contribution in [-0.2, 0) is 17.9 Å². The van der Waals surface area contributed by atoms with Gasteiger partial charge in [0.2, 0.25) is 5.91 Å². The summed E-state index contributed by atoms with van der Waals surface area (Å²) in [5.41, 5.74) is 0. The molecule has 0 aliphatic carbocycles. The Bertz CT molecular complexity index is 502. The van der Waals surface area contributed by atoms with Crippen molar-refractivity contribution in [1.29, 1.82) is 0 Å². The fourth-order valence-electron chi connectivity index (χ4n) is 2.83. The van der Waals surface area contributed by atoms with Crippen molar-refractivity contribution in [3.63, 3.8) is 0 Å². The van der Waals surface area contributed by atoms with Crippen molar-refractivity contribution in [2.45, 2.75) is 58.8 Å². The number of likely N-dealkylation sites (tertiary alicyclic amines) is 1. The Balaban J connectivity index is 1.82. The number of nitrogens with one attached hydrogen (secondary N) is 1. The lowest BCUT2D eigenvalue weighted by atomic mass is 10.2. The van der Waals surface area contributed by atoms with Gasteiger partial charge in [0.25, 0.3) is 0 Å². The summed E-state index contributed by atoms with van der Waals surface area (Å²) in [5, 5.41) is 14.7. The highest BCUT2D eigenvalue weighted by Crippen LogP contribution is 2.15. The Morgan fingerprint density at radius 1 is 1.48 bits per heavy atom. The van der Waals surface area contributed by atoms with Gasteiger partial charge in [0.15, 0.2) is 5.82 Å². The van der Waals surface area contributed by atoms with E-state index in [4.69, 9.17) is 0 Å². The minimum Gasteiger partial charge on any atom is -0.353 e. The Morgan fingerprint density at radius 3 is 2.96 bits per heavy atom. The van der Waals surface area contributed by atoms with Crippen molar-refractivity contribution < 1.29 is 4.79 Å². The summed E-state index contributed by atoms with van der Waals surface area (Å²) in [7, 11) is 2.02. The van der Waals surface area contributed by atoms with Crippen LogP contribution in [0.4, 0.5) is 0 Å². The van der Waals surface area contributed by atoms with Crippen LogP contribution in [0, 0.1) is 0 Å². The summed E-state index contributed by atoms with van der Waals surface area (Å²) >= 11 is 0. The zero-order chi connectivity index (χ0) is 16.8. The second-order valence-electron chi connectivity index (χ2n) is 6.49. The lowest BCUT2D eigenvalue weighted by molar-refractivity contribution is -0.122. The largest absolute Gasteiger partial charge is 0.353 e. The zero-order valence-electron chi connectivity index (χ0n) is 14.7. The van der Waals surface area contributed by atoms with Crippen LogP contribution in [0.2, 0.25) is 0 Å². The van der Waals surface area contributed by atoms with Gasteiger partial charge in [0.05, 0.1) is 6.54 Å². The van der Waals surface area contributed by atoms with Crippen LogP contribution >= 0.6 is 0 Å². The quantitative estimate of drug-likeness (QED) is 0.732. The number of rotatable bonds is 8. The van der Waals surface area contributed by atoms with Gasteiger partial charge in [-0.25, -0.2) is 4.68 Å². The van der Waals surface area contributed by atoms with E-state index in [0.717, 1.165) is 19.5 Å². The summed E-state index contributed by atoms with van der Waals surface area (Å²) in [6, 6.07) is 0.862. The van der Waals surface area contributed by atoms with Crippen molar-refractivity contribution in [3.05, 3.63) is 5.82 Å². The molecule has 0 spiro atoms. The molecule has 2 heterocycles. The molecule has 8 heteroatoms. The SMILES string of the molecule is CCN1CCC[C@@H]1CNC(=O)Cn1nnnc1CN(C)C(C)C. The number of carbonyl (C=O) groups excluding carboxylic acids is 1. The second kappa shape index (κ2) is 8.35. The van der Waals surface area contributed by atoms with Gasteiger partial charge in [0.1, 0.15) is 6.54 Å². The molecule has 1 saturated heterocycles. The highest BCUT2D eigenvalue weighted by atomic mass is 16.2. The number of carbonyl (C=O) groups is 1. The first-order valence-corrected chi connectivity index (χ1v) is 8.47. The average molecular weight is 323 g/mol. The predicted octanol–water partition coefficient (Wildman–Crippen LogP) is 0.114. The van der Waals surface area contributed by atoms with Gasteiger partial charge in [-0.15, -0.1) is 5.10 Å². The van der Waals surface area contributed by atoms with Crippen LogP contribution in [0.25, 0.3) is 0 Å². The Labute approximate surface area is 138 Å². The number of hydrogen-bond donors (Lipinski definition) is 1. The topological polar surface area (TPSA) is 79.2 Å².